The minimum Gasteiger partial charge on any atom is -0.326 e. The summed E-state index contributed by atoms with van der Waals surface area (Å²) in [6.07, 6.45) is 7.26. The predicted octanol–water partition coefficient (Wildman–Crippen LogP) is 5.24. The standard InChI is InChI=1S/C21H29NO/c1-14-5-6-17(7-15(14)2)22-18(23)21-10-16-8-19(3,12-21)11-20(4,9-16)13-21/h5-7,16H,8-13H2,1-4H3,(H,22,23)/t16?,19-,20+,21?. The van der Waals surface area contributed by atoms with Gasteiger partial charge in [-0.1, -0.05) is 19.9 Å². The number of anilines is 1. The average molecular weight is 311 g/mol. The lowest BCUT2D eigenvalue weighted by atomic mass is 9.40. The fraction of sp³-hybridized carbons (Fsp3) is 0.667. The second-order valence-electron chi connectivity index (χ2n) is 9.66. The van der Waals surface area contributed by atoms with Gasteiger partial charge < -0.3 is 5.32 Å². The van der Waals surface area contributed by atoms with Gasteiger partial charge in [0.2, 0.25) is 5.91 Å². The maximum Gasteiger partial charge on any atom is 0.230 e. The molecule has 23 heavy (non-hydrogen) atoms. The summed E-state index contributed by atoms with van der Waals surface area (Å²) < 4.78 is 0. The first-order valence-corrected chi connectivity index (χ1v) is 9.10. The molecule has 0 spiro atoms. The number of benzene rings is 1. The van der Waals surface area contributed by atoms with Gasteiger partial charge in [0.15, 0.2) is 0 Å². The molecule has 0 aromatic heterocycles. The number of carbonyl (C=O) groups excluding carboxylic acids is 1. The van der Waals surface area contributed by atoms with Crippen LogP contribution in [-0.4, -0.2) is 5.91 Å². The van der Waals surface area contributed by atoms with Gasteiger partial charge in [-0.3, -0.25) is 4.79 Å². The van der Waals surface area contributed by atoms with Crippen LogP contribution in [0, 0.1) is 36.0 Å². The molecule has 2 unspecified atom stereocenters. The minimum atomic E-state index is -0.123. The first-order chi connectivity index (χ1) is 10.7. The zero-order valence-electron chi connectivity index (χ0n) is 15.0. The molecule has 0 aliphatic heterocycles. The molecule has 4 saturated carbocycles. The minimum absolute atomic E-state index is 0.123. The highest BCUT2D eigenvalue weighted by Gasteiger charge is 2.62. The number of hydrogen-bond acceptors (Lipinski definition) is 1. The maximum absolute atomic E-state index is 13.2. The number of hydrogen-bond donors (Lipinski definition) is 1. The van der Waals surface area contributed by atoms with Crippen LogP contribution in [0.15, 0.2) is 18.2 Å². The quantitative estimate of drug-likeness (QED) is 0.795. The number of amides is 1. The van der Waals surface area contributed by atoms with Crippen LogP contribution in [0.5, 0.6) is 0 Å². The lowest BCUT2D eigenvalue weighted by molar-refractivity contribution is -0.165. The molecule has 4 aliphatic carbocycles. The van der Waals surface area contributed by atoms with Crippen molar-refractivity contribution in [1.82, 2.24) is 0 Å². The molecule has 1 amide bonds. The fourth-order valence-electron chi connectivity index (χ4n) is 6.78. The molecular weight excluding hydrogens is 282 g/mol. The van der Waals surface area contributed by atoms with Crippen molar-refractivity contribution in [3.63, 3.8) is 0 Å². The summed E-state index contributed by atoms with van der Waals surface area (Å²) in [6.45, 7) is 9.07. The molecule has 5 rings (SSSR count). The van der Waals surface area contributed by atoms with Gasteiger partial charge in [0.05, 0.1) is 5.41 Å². The van der Waals surface area contributed by atoms with Gasteiger partial charge in [0.25, 0.3) is 0 Å². The summed E-state index contributed by atoms with van der Waals surface area (Å²) in [5.41, 5.74) is 4.12. The van der Waals surface area contributed by atoms with Crippen molar-refractivity contribution in [2.24, 2.45) is 22.2 Å². The lowest BCUT2D eigenvalue weighted by Crippen LogP contribution is -2.58. The van der Waals surface area contributed by atoms with Crippen LogP contribution in [0.2, 0.25) is 0 Å². The van der Waals surface area contributed by atoms with E-state index >= 15 is 0 Å². The van der Waals surface area contributed by atoms with Gasteiger partial charge in [-0.05, 0) is 92.4 Å². The van der Waals surface area contributed by atoms with Crippen molar-refractivity contribution in [2.75, 3.05) is 5.32 Å². The second kappa shape index (κ2) is 4.62. The van der Waals surface area contributed by atoms with Crippen LogP contribution in [0.4, 0.5) is 5.69 Å². The van der Waals surface area contributed by atoms with E-state index in [4.69, 9.17) is 0 Å². The summed E-state index contributed by atoms with van der Waals surface area (Å²) >= 11 is 0. The molecule has 2 nitrogen and oxygen atoms in total. The van der Waals surface area contributed by atoms with E-state index in [0.29, 0.717) is 10.8 Å². The van der Waals surface area contributed by atoms with E-state index in [9.17, 15) is 4.79 Å². The predicted molar refractivity (Wildman–Crippen MR) is 94.4 cm³/mol. The smallest absolute Gasteiger partial charge is 0.230 e. The molecule has 0 radical (unpaired) electrons. The van der Waals surface area contributed by atoms with E-state index in [1.165, 1.54) is 30.4 Å². The monoisotopic (exact) mass is 311 g/mol. The van der Waals surface area contributed by atoms with Crippen LogP contribution in [0.1, 0.15) is 63.5 Å². The van der Waals surface area contributed by atoms with Crippen molar-refractivity contribution in [3.8, 4) is 0 Å². The Morgan fingerprint density at radius 1 is 1.00 bits per heavy atom. The molecule has 4 aliphatic rings. The first-order valence-electron chi connectivity index (χ1n) is 9.10. The molecule has 4 bridgehead atoms. The summed E-state index contributed by atoms with van der Waals surface area (Å²) in [5, 5.41) is 3.26. The van der Waals surface area contributed by atoms with Crippen molar-refractivity contribution in [1.29, 1.82) is 0 Å². The van der Waals surface area contributed by atoms with E-state index in [1.807, 2.05) is 6.07 Å². The zero-order chi connectivity index (χ0) is 16.5. The topological polar surface area (TPSA) is 29.1 Å². The molecule has 1 aromatic carbocycles. The van der Waals surface area contributed by atoms with Crippen molar-refractivity contribution in [3.05, 3.63) is 29.3 Å². The third-order valence-electron chi connectivity index (χ3n) is 6.87. The number of nitrogens with one attached hydrogen (secondary N) is 1. The Bertz CT molecular complexity index is 658. The highest BCUT2D eigenvalue weighted by Crippen LogP contribution is 2.69. The van der Waals surface area contributed by atoms with Crippen LogP contribution in [0.25, 0.3) is 0 Å². The normalized spacial score (nSPS) is 41.1. The van der Waals surface area contributed by atoms with Gasteiger partial charge in [-0.2, -0.15) is 0 Å². The molecule has 4 fully saturated rings. The summed E-state index contributed by atoms with van der Waals surface area (Å²) in [6, 6.07) is 6.26. The van der Waals surface area contributed by atoms with Gasteiger partial charge in [-0.15, -0.1) is 0 Å². The number of carbonyl (C=O) groups is 1. The molecule has 2 heteroatoms. The third-order valence-corrected chi connectivity index (χ3v) is 6.87. The molecule has 124 valence electrons. The Balaban J connectivity index is 1.61. The molecule has 0 heterocycles. The summed E-state index contributed by atoms with van der Waals surface area (Å²) in [7, 11) is 0. The van der Waals surface area contributed by atoms with Crippen molar-refractivity contribution in [2.45, 2.75) is 66.2 Å². The fourth-order valence-corrected chi connectivity index (χ4v) is 6.78. The number of rotatable bonds is 2. The van der Waals surface area contributed by atoms with E-state index < -0.39 is 0 Å². The molecule has 4 atom stereocenters. The Labute approximate surface area is 140 Å². The zero-order valence-corrected chi connectivity index (χ0v) is 15.0. The Hall–Kier alpha value is -1.31. The van der Waals surface area contributed by atoms with Crippen molar-refractivity contribution >= 4 is 11.6 Å². The van der Waals surface area contributed by atoms with Crippen LogP contribution >= 0.6 is 0 Å². The molecular formula is C21H29NO. The Kier molecular flexibility index (Phi) is 3.06. The first kappa shape index (κ1) is 15.2. The van der Waals surface area contributed by atoms with Crippen LogP contribution in [0.3, 0.4) is 0 Å². The SMILES string of the molecule is Cc1ccc(NC(=O)C23CC4C[C@@](C)(C2)C[C@](C)(C4)C3)cc1C. The van der Waals surface area contributed by atoms with Gasteiger partial charge in [0, 0.05) is 5.69 Å². The molecule has 1 aromatic rings. The Morgan fingerprint density at radius 2 is 1.65 bits per heavy atom. The summed E-state index contributed by atoms with van der Waals surface area (Å²) in [4.78, 5) is 13.2. The van der Waals surface area contributed by atoms with Crippen LogP contribution < -0.4 is 5.32 Å². The summed E-state index contributed by atoms with van der Waals surface area (Å²) in [5.74, 6) is 1.04. The number of aryl methyl sites for hydroxylation is 2. The van der Waals surface area contributed by atoms with Gasteiger partial charge >= 0.3 is 0 Å². The Morgan fingerprint density at radius 3 is 2.22 bits per heavy atom. The molecule has 0 saturated heterocycles. The third kappa shape index (κ3) is 2.42. The van der Waals surface area contributed by atoms with Crippen molar-refractivity contribution < 1.29 is 4.79 Å². The van der Waals surface area contributed by atoms with E-state index in [2.05, 4.69) is 45.1 Å². The largest absolute Gasteiger partial charge is 0.326 e. The van der Waals surface area contributed by atoms with E-state index in [1.54, 1.807) is 0 Å². The highest BCUT2D eigenvalue weighted by molar-refractivity contribution is 5.96. The maximum atomic E-state index is 13.2. The van der Waals surface area contributed by atoms with Gasteiger partial charge in [0.1, 0.15) is 0 Å². The van der Waals surface area contributed by atoms with Crippen LogP contribution in [-0.2, 0) is 4.79 Å². The van der Waals surface area contributed by atoms with Gasteiger partial charge in [-0.25, -0.2) is 0 Å². The lowest BCUT2D eigenvalue weighted by Gasteiger charge is -2.64. The van der Waals surface area contributed by atoms with E-state index in [-0.39, 0.29) is 11.3 Å². The van der Waals surface area contributed by atoms with E-state index in [0.717, 1.165) is 30.9 Å². The molecule has 1 N–H and O–H groups in total. The highest BCUT2D eigenvalue weighted by atomic mass is 16.2. The second-order valence-corrected chi connectivity index (χ2v) is 9.66. The average Bonchev–Trinajstić information content (AvgIpc) is 2.39.